The molecule has 15 heavy (non-hydrogen) atoms. The Bertz CT molecular complexity index is 407. The molecule has 0 atom stereocenters. The second-order valence-electron chi connectivity index (χ2n) is 4.90. The van der Waals surface area contributed by atoms with Crippen molar-refractivity contribution < 1.29 is 0 Å². The highest BCUT2D eigenvalue weighted by atomic mass is 16.1. The summed E-state index contributed by atoms with van der Waals surface area (Å²) in [7, 11) is 1.80. The van der Waals surface area contributed by atoms with Gasteiger partial charge >= 0.3 is 5.69 Å². The molecule has 0 aliphatic carbocycles. The van der Waals surface area contributed by atoms with Gasteiger partial charge in [0.2, 0.25) is 0 Å². The largest absolute Gasteiger partial charge is 0.328 e. The van der Waals surface area contributed by atoms with E-state index in [0.717, 1.165) is 17.8 Å². The van der Waals surface area contributed by atoms with E-state index in [-0.39, 0.29) is 11.2 Å². The van der Waals surface area contributed by atoms with E-state index in [0.29, 0.717) is 6.54 Å². The molecular weight excluding hydrogens is 190 g/mol. The maximum atomic E-state index is 11.8. The van der Waals surface area contributed by atoms with Crippen LogP contribution >= 0.6 is 0 Å². The molecule has 0 saturated heterocycles. The van der Waals surface area contributed by atoms with Crippen LogP contribution in [0.4, 0.5) is 0 Å². The van der Waals surface area contributed by atoms with E-state index in [2.05, 4.69) is 0 Å². The molecule has 0 fully saturated rings. The molecule has 0 unspecified atom stereocenters. The lowest BCUT2D eigenvalue weighted by atomic mass is 10.0. The standard InChI is InChI=1S/C11H21N3O/c1-8-9(2)14(10(15)13(8)5)7-6-11(3,4)12/h6-7,12H2,1-5H3. The molecular formula is C11H21N3O. The van der Waals surface area contributed by atoms with Gasteiger partial charge in [-0.1, -0.05) is 0 Å². The van der Waals surface area contributed by atoms with Gasteiger partial charge in [-0.05, 0) is 34.1 Å². The van der Waals surface area contributed by atoms with Crippen molar-refractivity contribution in [1.29, 1.82) is 0 Å². The molecule has 0 aliphatic rings. The predicted molar refractivity (Wildman–Crippen MR) is 62.0 cm³/mol. The molecule has 0 aliphatic heterocycles. The van der Waals surface area contributed by atoms with E-state index >= 15 is 0 Å². The van der Waals surface area contributed by atoms with E-state index in [4.69, 9.17) is 5.73 Å². The van der Waals surface area contributed by atoms with Crippen LogP contribution in [0.1, 0.15) is 31.7 Å². The van der Waals surface area contributed by atoms with Gasteiger partial charge in [-0.25, -0.2) is 4.79 Å². The maximum absolute atomic E-state index is 11.8. The number of imidazole rings is 1. The summed E-state index contributed by atoms with van der Waals surface area (Å²) in [5, 5.41) is 0. The summed E-state index contributed by atoms with van der Waals surface area (Å²) in [6.45, 7) is 8.57. The summed E-state index contributed by atoms with van der Waals surface area (Å²) < 4.78 is 3.47. The molecule has 2 N–H and O–H groups in total. The van der Waals surface area contributed by atoms with Gasteiger partial charge in [-0.15, -0.1) is 0 Å². The van der Waals surface area contributed by atoms with Gasteiger partial charge in [0.1, 0.15) is 0 Å². The predicted octanol–water partition coefficient (Wildman–Crippen LogP) is 0.931. The van der Waals surface area contributed by atoms with Gasteiger partial charge in [-0.3, -0.25) is 9.13 Å². The minimum atomic E-state index is -0.227. The Morgan fingerprint density at radius 1 is 1.27 bits per heavy atom. The highest BCUT2D eigenvalue weighted by molar-refractivity contribution is 5.11. The summed E-state index contributed by atoms with van der Waals surface area (Å²) in [4.78, 5) is 11.8. The van der Waals surface area contributed by atoms with Gasteiger partial charge in [0, 0.05) is 30.5 Å². The van der Waals surface area contributed by atoms with Crippen molar-refractivity contribution in [1.82, 2.24) is 9.13 Å². The van der Waals surface area contributed by atoms with Crippen molar-refractivity contribution >= 4 is 0 Å². The quantitative estimate of drug-likeness (QED) is 0.808. The van der Waals surface area contributed by atoms with E-state index in [1.807, 2.05) is 27.7 Å². The molecule has 0 amide bonds. The van der Waals surface area contributed by atoms with Crippen LogP contribution in [-0.4, -0.2) is 14.7 Å². The van der Waals surface area contributed by atoms with Crippen molar-refractivity contribution in [2.45, 2.75) is 46.2 Å². The first-order chi connectivity index (χ1) is 6.74. The Morgan fingerprint density at radius 3 is 2.13 bits per heavy atom. The molecule has 0 aromatic carbocycles. The van der Waals surface area contributed by atoms with Crippen LogP contribution in [0, 0.1) is 13.8 Å². The summed E-state index contributed by atoms with van der Waals surface area (Å²) in [5.41, 5.74) is 7.79. The zero-order valence-corrected chi connectivity index (χ0v) is 10.3. The first-order valence-electron chi connectivity index (χ1n) is 5.25. The molecule has 1 rings (SSSR count). The molecule has 4 heteroatoms. The van der Waals surface area contributed by atoms with Gasteiger partial charge in [0.25, 0.3) is 0 Å². The fraction of sp³-hybridized carbons (Fsp3) is 0.727. The lowest BCUT2D eigenvalue weighted by molar-refractivity contribution is 0.428. The Labute approximate surface area is 90.7 Å². The van der Waals surface area contributed by atoms with Crippen LogP contribution in [0.15, 0.2) is 4.79 Å². The van der Waals surface area contributed by atoms with Crippen LogP contribution in [0.2, 0.25) is 0 Å². The first-order valence-corrected chi connectivity index (χ1v) is 5.25. The highest BCUT2D eigenvalue weighted by Gasteiger charge is 2.15. The minimum absolute atomic E-state index is 0.0502. The van der Waals surface area contributed by atoms with Crippen molar-refractivity contribution in [2.75, 3.05) is 0 Å². The molecule has 4 nitrogen and oxygen atoms in total. The summed E-state index contributed by atoms with van der Waals surface area (Å²) in [5.74, 6) is 0. The Hall–Kier alpha value is -1.03. The average molecular weight is 211 g/mol. The summed E-state index contributed by atoms with van der Waals surface area (Å²) in [6.07, 6.45) is 0.803. The van der Waals surface area contributed by atoms with Crippen molar-refractivity contribution in [3.05, 3.63) is 21.9 Å². The van der Waals surface area contributed by atoms with E-state index in [9.17, 15) is 4.79 Å². The molecule has 0 bridgehead atoms. The topological polar surface area (TPSA) is 52.9 Å². The molecule has 1 heterocycles. The monoisotopic (exact) mass is 211 g/mol. The van der Waals surface area contributed by atoms with Gasteiger partial charge in [-0.2, -0.15) is 0 Å². The lowest BCUT2D eigenvalue weighted by Crippen LogP contribution is -2.35. The average Bonchev–Trinajstić information content (AvgIpc) is 2.28. The van der Waals surface area contributed by atoms with Crippen molar-refractivity contribution in [3.63, 3.8) is 0 Å². The van der Waals surface area contributed by atoms with E-state index < -0.39 is 0 Å². The summed E-state index contributed by atoms with van der Waals surface area (Å²) in [6, 6.07) is 0. The molecule has 0 radical (unpaired) electrons. The molecule has 0 spiro atoms. The number of nitrogens with two attached hydrogens (primary N) is 1. The second kappa shape index (κ2) is 3.85. The maximum Gasteiger partial charge on any atom is 0.328 e. The number of rotatable bonds is 3. The van der Waals surface area contributed by atoms with Crippen molar-refractivity contribution in [2.24, 2.45) is 12.8 Å². The minimum Gasteiger partial charge on any atom is -0.325 e. The lowest BCUT2D eigenvalue weighted by Gasteiger charge is -2.18. The number of hydrogen-bond donors (Lipinski definition) is 1. The molecule has 0 saturated carbocycles. The summed E-state index contributed by atoms with van der Waals surface area (Å²) >= 11 is 0. The van der Waals surface area contributed by atoms with Crippen LogP contribution in [-0.2, 0) is 13.6 Å². The number of aromatic nitrogens is 2. The SMILES string of the molecule is Cc1c(C)n(CCC(C)(C)N)c(=O)n1C. The van der Waals surface area contributed by atoms with Gasteiger partial charge in [0.05, 0.1) is 0 Å². The second-order valence-corrected chi connectivity index (χ2v) is 4.90. The Kier molecular flexibility index (Phi) is 3.09. The molecule has 1 aromatic rings. The first kappa shape index (κ1) is 12.0. The third kappa shape index (κ3) is 2.50. The molecule has 86 valence electrons. The third-order valence-corrected chi connectivity index (χ3v) is 2.93. The fourth-order valence-corrected chi connectivity index (χ4v) is 1.57. The van der Waals surface area contributed by atoms with Gasteiger partial charge in [0.15, 0.2) is 0 Å². The Morgan fingerprint density at radius 2 is 1.80 bits per heavy atom. The molecule has 1 aromatic heterocycles. The zero-order valence-electron chi connectivity index (χ0n) is 10.3. The van der Waals surface area contributed by atoms with Crippen LogP contribution < -0.4 is 11.4 Å². The third-order valence-electron chi connectivity index (χ3n) is 2.93. The normalized spacial score (nSPS) is 12.1. The number of nitrogens with zero attached hydrogens (tertiary/aromatic N) is 2. The Balaban J connectivity index is 2.97. The van der Waals surface area contributed by atoms with E-state index in [1.54, 1.807) is 16.2 Å². The van der Waals surface area contributed by atoms with Crippen LogP contribution in [0.25, 0.3) is 0 Å². The van der Waals surface area contributed by atoms with Crippen LogP contribution in [0.3, 0.4) is 0 Å². The van der Waals surface area contributed by atoms with Crippen molar-refractivity contribution in [3.8, 4) is 0 Å². The smallest absolute Gasteiger partial charge is 0.325 e. The highest BCUT2D eigenvalue weighted by Crippen LogP contribution is 2.09. The van der Waals surface area contributed by atoms with Gasteiger partial charge < -0.3 is 5.73 Å². The zero-order chi connectivity index (χ0) is 11.8. The number of hydrogen-bond acceptors (Lipinski definition) is 2. The fourth-order valence-electron chi connectivity index (χ4n) is 1.57. The van der Waals surface area contributed by atoms with Crippen LogP contribution in [0.5, 0.6) is 0 Å². The van der Waals surface area contributed by atoms with E-state index in [1.165, 1.54) is 0 Å².